The second-order valence-corrected chi connectivity index (χ2v) is 19.5. The van der Waals surface area contributed by atoms with Crippen LogP contribution in [0.3, 0.4) is 0 Å². The highest BCUT2D eigenvalue weighted by Crippen LogP contribution is 2.71. The molecule has 0 aliphatic heterocycles. The molecule has 2 spiro atoms. The molecule has 8 aromatic carbocycles. The van der Waals surface area contributed by atoms with Crippen molar-refractivity contribution in [2.24, 2.45) is 23.7 Å². The lowest BCUT2D eigenvalue weighted by atomic mass is 9.38. The Hall–Kier alpha value is -7.23. The normalized spacial score (nSPS) is 22.3. The minimum atomic E-state index is -0.379. The van der Waals surface area contributed by atoms with E-state index in [1.165, 1.54) is 82.2 Å². The highest BCUT2D eigenvalue weighted by atomic mass is 15.0. The van der Waals surface area contributed by atoms with Gasteiger partial charge in [0.1, 0.15) is 0 Å². The summed E-state index contributed by atoms with van der Waals surface area (Å²) in [4.78, 5) is 15.1. The average molecular weight is 834 g/mol. The molecule has 0 saturated heterocycles. The summed E-state index contributed by atoms with van der Waals surface area (Å²) >= 11 is 0. The van der Waals surface area contributed by atoms with Gasteiger partial charge in [0.25, 0.3) is 0 Å². The fourth-order valence-electron chi connectivity index (χ4n) is 14.1. The lowest BCUT2D eigenvalue weighted by molar-refractivity contribution is -0.0440. The standard InChI is InChI=1S/C62H47N3/c1-3-15-41(16-4-1)58-63-59(42-17-5-2-6-18-42)65-60(64-58)47-22-14-21-45(37-47)43-19-13-20-44(36-43)46-29-30-56-57(38-46)61(48-32-39-31-40(34-48)35-49(61)33-39)54-27-11-12-28-55(54)62(56)52-25-9-7-23-50(52)51-24-8-10-26-53(51)62/h1-30,36-40,48-49H,31-35H2. The molecule has 9 aromatic rings. The lowest BCUT2D eigenvalue weighted by Crippen LogP contribution is -2.59. The van der Waals surface area contributed by atoms with Crippen molar-refractivity contribution in [3.63, 3.8) is 0 Å². The molecule has 15 rings (SSSR count). The number of rotatable bonds is 5. The second kappa shape index (κ2) is 14.1. The first-order chi connectivity index (χ1) is 32.2. The predicted molar refractivity (Wildman–Crippen MR) is 262 cm³/mol. The van der Waals surface area contributed by atoms with Gasteiger partial charge in [-0.1, -0.05) is 182 Å². The van der Waals surface area contributed by atoms with Crippen molar-refractivity contribution >= 4 is 0 Å². The zero-order chi connectivity index (χ0) is 42.7. The smallest absolute Gasteiger partial charge is 0.164 e. The third-order valence-electron chi connectivity index (χ3n) is 16.4. The van der Waals surface area contributed by atoms with Gasteiger partial charge in [0.2, 0.25) is 0 Å². The van der Waals surface area contributed by atoms with Crippen LogP contribution in [0.2, 0.25) is 0 Å². The minimum absolute atomic E-state index is 0.0131. The van der Waals surface area contributed by atoms with Crippen LogP contribution < -0.4 is 0 Å². The number of aromatic nitrogens is 3. The Morgan fingerprint density at radius 1 is 0.292 bits per heavy atom. The maximum absolute atomic E-state index is 5.07. The summed E-state index contributed by atoms with van der Waals surface area (Å²) in [6, 6.07) is 74.3. The summed E-state index contributed by atoms with van der Waals surface area (Å²) in [5.41, 5.74) is 19.1. The topological polar surface area (TPSA) is 38.7 Å². The molecule has 310 valence electrons. The van der Waals surface area contributed by atoms with E-state index in [1.807, 2.05) is 36.4 Å². The highest BCUT2D eigenvalue weighted by molar-refractivity contribution is 5.89. The largest absolute Gasteiger partial charge is 0.208 e. The van der Waals surface area contributed by atoms with E-state index in [0.717, 1.165) is 34.1 Å². The number of fused-ring (bicyclic) bond motifs is 9. The second-order valence-electron chi connectivity index (χ2n) is 19.5. The Morgan fingerprint density at radius 2 is 0.692 bits per heavy atom. The average Bonchev–Trinajstić information content (AvgIpc) is 3.67. The van der Waals surface area contributed by atoms with Gasteiger partial charge in [0.05, 0.1) is 5.41 Å². The van der Waals surface area contributed by atoms with Gasteiger partial charge < -0.3 is 0 Å². The first-order valence-electron chi connectivity index (χ1n) is 23.7. The number of nitrogens with zero attached hydrogens (tertiary/aromatic N) is 3. The zero-order valence-electron chi connectivity index (χ0n) is 36.2. The van der Waals surface area contributed by atoms with Gasteiger partial charge in [-0.2, -0.15) is 0 Å². The van der Waals surface area contributed by atoms with Gasteiger partial charge in [-0.25, -0.2) is 15.0 Å². The summed E-state index contributed by atoms with van der Waals surface area (Å²) in [5, 5.41) is 0. The summed E-state index contributed by atoms with van der Waals surface area (Å²) in [5.74, 6) is 5.02. The molecule has 0 N–H and O–H groups in total. The van der Waals surface area contributed by atoms with Crippen LogP contribution in [0.4, 0.5) is 0 Å². The molecule has 4 saturated carbocycles. The van der Waals surface area contributed by atoms with Crippen molar-refractivity contribution in [3.05, 3.63) is 234 Å². The van der Waals surface area contributed by atoms with Crippen LogP contribution in [-0.4, -0.2) is 15.0 Å². The van der Waals surface area contributed by atoms with Crippen molar-refractivity contribution < 1.29 is 0 Å². The van der Waals surface area contributed by atoms with Crippen LogP contribution in [0, 0.1) is 23.7 Å². The van der Waals surface area contributed by atoms with E-state index in [0.29, 0.717) is 29.3 Å². The van der Waals surface area contributed by atoms with Gasteiger partial charge in [0.15, 0.2) is 17.5 Å². The van der Waals surface area contributed by atoms with Crippen molar-refractivity contribution in [1.29, 1.82) is 0 Å². The van der Waals surface area contributed by atoms with E-state index in [4.69, 9.17) is 15.0 Å². The molecule has 0 atom stereocenters. The molecule has 4 bridgehead atoms. The molecule has 1 aromatic heterocycles. The van der Waals surface area contributed by atoms with Crippen LogP contribution in [0.1, 0.15) is 65.5 Å². The third kappa shape index (κ3) is 5.33. The Bertz CT molecular complexity index is 3220. The van der Waals surface area contributed by atoms with Crippen molar-refractivity contribution in [2.45, 2.75) is 42.9 Å². The van der Waals surface area contributed by atoms with E-state index in [9.17, 15) is 0 Å². The monoisotopic (exact) mass is 833 g/mol. The Morgan fingerprint density at radius 3 is 1.25 bits per heavy atom. The molecule has 0 radical (unpaired) electrons. The van der Waals surface area contributed by atoms with Crippen LogP contribution in [-0.2, 0) is 10.8 Å². The van der Waals surface area contributed by atoms with Gasteiger partial charge in [-0.3, -0.25) is 0 Å². The van der Waals surface area contributed by atoms with Crippen LogP contribution in [0.15, 0.2) is 200 Å². The van der Waals surface area contributed by atoms with Gasteiger partial charge in [-0.05, 0) is 141 Å². The molecule has 65 heavy (non-hydrogen) atoms. The molecule has 1 heterocycles. The van der Waals surface area contributed by atoms with Gasteiger partial charge in [0, 0.05) is 22.1 Å². The summed E-state index contributed by atoms with van der Waals surface area (Å²) in [6.07, 6.45) is 6.82. The van der Waals surface area contributed by atoms with Gasteiger partial charge >= 0.3 is 0 Å². The van der Waals surface area contributed by atoms with Crippen LogP contribution in [0.25, 0.3) is 67.5 Å². The molecule has 3 nitrogen and oxygen atoms in total. The number of hydrogen-bond acceptors (Lipinski definition) is 3. The Labute approximate surface area is 381 Å². The van der Waals surface area contributed by atoms with Gasteiger partial charge in [-0.15, -0.1) is 0 Å². The van der Waals surface area contributed by atoms with E-state index in [-0.39, 0.29) is 10.8 Å². The van der Waals surface area contributed by atoms with Crippen molar-refractivity contribution in [3.8, 4) is 67.5 Å². The maximum atomic E-state index is 5.07. The number of benzene rings is 8. The fraction of sp³-hybridized carbons (Fsp3) is 0.177. The molecule has 4 fully saturated rings. The van der Waals surface area contributed by atoms with E-state index in [1.54, 1.807) is 11.1 Å². The van der Waals surface area contributed by atoms with Crippen molar-refractivity contribution in [2.75, 3.05) is 0 Å². The fourth-order valence-corrected chi connectivity index (χ4v) is 14.1. The number of hydrogen-bond donors (Lipinski definition) is 0. The Kier molecular flexibility index (Phi) is 8.08. The maximum Gasteiger partial charge on any atom is 0.164 e. The van der Waals surface area contributed by atoms with Crippen LogP contribution >= 0.6 is 0 Å². The first kappa shape index (κ1) is 37.2. The Balaban J connectivity index is 0.933. The molecule has 6 aliphatic rings. The first-order valence-corrected chi connectivity index (χ1v) is 23.7. The molecule has 3 heteroatoms. The van der Waals surface area contributed by atoms with Crippen LogP contribution in [0.5, 0.6) is 0 Å². The zero-order valence-corrected chi connectivity index (χ0v) is 36.2. The quantitative estimate of drug-likeness (QED) is 0.173. The SMILES string of the molecule is c1ccc(-c2nc(-c3ccccc3)nc(-c3cccc(-c4cccc(-c5ccc6c(c5)C5(c7ccccc7C67c6ccccc6-c6ccccc67)C6CC7CC(C6)CC5C7)c4)c3)n2)cc1. The molecular weight excluding hydrogens is 787 g/mol. The predicted octanol–water partition coefficient (Wildman–Crippen LogP) is 14.6. The minimum Gasteiger partial charge on any atom is -0.208 e. The molecule has 6 aliphatic carbocycles. The van der Waals surface area contributed by atoms with E-state index < -0.39 is 0 Å². The third-order valence-corrected chi connectivity index (χ3v) is 16.4. The summed E-state index contributed by atoms with van der Waals surface area (Å²) in [7, 11) is 0. The highest BCUT2D eigenvalue weighted by Gasteiger charge is 2.64. The lowest BCUT2D eigenvalue weighted by Gasteiger charge is -2.65. The molecule has 0 amide bonds. The van der Waals surface area contributed by atoms with E-state index >= 15 is 0 Å². The summed E-state index contributed by atoms with van der Waals surface area (Å²) in [6.45, 7) is 0. The van der Waals surface area contributed by atoms with Crippen molar-refractivity contribution in [1.82, 2.24) is 15.0 Å². The van der Waals surface area contributed by atoms with E-state index in [2.05, 4.69) is 164 Å². The summed E-state index contributed by atoms with van der Waals surface area (Å²) < 4.78 is 0. The molecular formula is C62H47N3. The molecule has 0 unspecified atom stereocenters.